The lowest BCUT2D eigenvalue weighted by Crippen LogP contribution is -2.49. The summed E-state index contributed by atoms with van der Waals surface area (Å²) in [6, 6.07) is 12.1. The van der Waals surface area contributed by atoms with Crippen molar-refractivity contribution in [1.29, 1.82) is 0 Å². The van der Waals surface area contributed by atoms with Crippen molar-refractivity contribution < 1.29 is 17.6 Å². The highest BCUT2D eigenvalue weighted by molar-refractivity contribution is 7.92. The third-order valence-corrected chi connectivity index (χ3v) is 5.30. The molecule has 0 aliphatic carbocycles. The van der Waals surface area contributed by atoms with Gasteiger partial charge in [-0.05, 0) is 36.6 Å². The Morgan fingerprint density at radius 2 is 1.77 bits per heavy atom. The van der Waals surface area contributed by atoms with Crippen molar-refractivity contribution in [2.45, 2.75) is 32.9 Å². The smallest absolute Gasteiger partial charge is 0.244 e. The van der Waals surface area contributed by atoms with E-state index in [0.29, 0.717) is 0 Å². The van der Waals surface area contributed by atoms with Crippen LogP contribution in [-0.2, 0) is 21.4 Å². The number of sulfonamides is 1. The molecule has 5 nitrogen and oxygen atoms in total. The lowest BCUT2D eigenvalue weighted by Gasteiger charge is -2.30. The van der Waals surface area contributed by atoms with Crippen molar-refractivity contribution in [1.82, 2.24) is 5.32 Å². The number of anilines is 1. The summed E-state index contributed by atoms with van der Waals surface area (Å²) in [7, 11) is -3.86. The van der Waals surface area contributed by atoms with Gasteiger partial charge in [-0.3, -0.25) is 9.10 Å². The average Bonchev–Trinajstić information content (AvgIpc) is 2.58. The van der Waals surface area contributed by atoms with Crippen molar-refractivity contribution in [2.75, 3.05) is 10.6 Å². The number of nitrogens with zero attached hydrogens (tertiary/aromatic N) is 1. The van der Waals surface area contributed by atoms with Crippen LogP contribution < -0.4 is 9.62 Å². The molecule has 0 aliphatic heterocycles. The topological polar surface area (TPSA) is 66.5 Å². The fourth-order valence-corrected chi connectivity index (χ4v) is 3.99. The highest BCUT2D eigenvalue weighted by Gasteiger charge is 2.32. The molecule has 140 valence electrons. The number of hydrogen-bond donors (Lipinski definition) is 1. The van der Waals surface area contributed by atoms with Gasteiger partial charge in [-0.25, -0.2) is 12.8 Å². The number of carbonyl (C=O) groups is 1. The van der Waals surface area contributed by atoms with E-state index in [1.54, 1.807) is 6.92 Å². The molecule has 1 amide bonds. The largest absolute Gasteiger partial charge is 0.350 e. The molecule has 2 rings (SSSR count). The van der Waals surface area contributed by atoms with Crippen LogP contribution >= 0.6 is 0 Å². The van der Waals surface area contributed by atoms with Crippen molar-refractivity contribution in [3.63, 3.8) is 0 Å². The zero-order valence-electron chi connectivity index (χ0n) is 15.1. The van der Waals surface area contributed by atoms with E-state index in [2.05, 4.69) is 5.32 Å². The second-order valence-corrected chi connectivity index (χ2v) is 7.94. The summed E-state index contributed by atoms with van der Waals surface area (Å²) in [6.07, 6.45) is 1.18. The van der Waals surface area contributed by atoms with Crippen LogP contribution in [0.3, 0.4) is 0 Å². The number of rotatable bonds is 7. The van der Waals surface area contributed by atoms with E-state index >= 15 is 0 Å². The highest BCUT2D eigenvalue weighted by Crippen LogP contribution is 2.25. The Bertz CT molecular complexity index is 884. The van der Waals surface area contributed by atoms with E-state index < -0.39 is 27.8 Å². The number of benzene rings is 2. The summed E-state index contributed by atoms with van der Waals surface area (Å²) < 4.78 is 39.6. The Labute approximate surface area is 153 Å². The molecule has 1 atom stereocenters. The van der Waals surface area contributed by atoms with Crippen molar-refractivity contribution in [2.24, 2.45) is 0 Å². The van der Waals surface area contributed by atoms with E-state index in [4.69, 9.17) is 0 Å². The summed E-state index contributed by atoms with van der Waals surface area (Å²) in [6.45, 7) is 3.90. The molecule has 0 radical (unpaired) electrons. The lowest BCUT2D eigenvalue weighted by atomic mass is 10.1. The van der Waals surface area contributed by atoms with Crippen molar-refractivity contribution in [3.8, 4) is 0 Å². The van der Waals surface area contributed by atoms with Gasteiger partial charge in [0.1, 0.15) is 11.9 Å². The van der Waals surface area contributed by atoms with E-state index in [-0.39, 0.29) is 18.7 Å². The maximum Gasteiger partial charge on any atom is 0.244 e. The molecule has 0 saturated heterocycles. The molecule has 0 fully saturated rings. The second kappa shape index (κ2) is 8.31. The first-order valence-corrected chi connectivity index (χ1v) is 10.2. The van der Waals surface area contributed by atoms with E-state index in [9.17, 15) is 17.6 Å². The molecule has 0 spiro atoms. The number of carbonyl (C=O) groups excluding carboxylic acids is 1. The predicted molar refractivity (Wildman–Crippen MR) is 101 cm³/mol. The van der Waals surface area contributed by atoms with Gasteiger partial charge >= 0.3 is 0 Å². The van der Waals surface area contributed by atoms with Gasteiger partial charge in [-0.1, -0.05) is 43.3 Å². The van der Waals surface area contributed by atoms with Gasteiger partial charge in [-0.15, -0.1) is 0 Å². The number of hydrogen-bond acceptors (Lipinski definition) is 3. The molecule has 0 heterocycles. The average molecular weight is 378 g/mol. The van der Waals surface area contributed by atoms with Gasteiger partial charge in [0.15, 0.2) is 0 Å². The summed E-state index contributed by atoms with van der Waals surface area (Å²) in [4.78, 5) is 12.7. The van der Waals surface area contributed by atoms with Crippen LogP contribution in [0, 0.1) is 12.7 Å². The minimum absolute atomic E-state index is 0.132. The van der Waals surface area contributed by atoms with Gasteiger partial charge in [-0.2, -0.15) is 0 Å². The first-order valence-electron chi connectivity index (χ1n) is 8.31. The standard InChI is InChI=1S/C19H23FN2O3S/c1-4-17(19(23)21-13-15-10-6-5-9-14(15)2)22(26(3,24)25)18-12-8-7-11-16(18)20/h5-12,17H,4,13H2,1-3H3,(H,21,23)/t17-/m1/s1. The fourth-order valence-electron chi connectivity index (χ4n) is 2.77. The van der Waals surface area contributed by atoms with Crippen LogP contribution in [0.25, 0.3) is 0 Å². The fraction of sp³-hybridized carbons (Fsp3) is 0.316. The quantitative estimate of drug-likeness (QED) is 0.805. The molecule has 0 aromatic heterocycles. The van der Waals surface area contributed by atoms with Crippen LogP contribution in [0.4, 0.5) is 10.1 Å². The molecule has 0 bridgehead atoms. The second-order valence-electron chi connectivity index (χ2n) is 6.08. The van der Waals surface area contributed by atoms with Gasteiger partial charge in [0.05, 0.1) is 11.9 Å². The third-order valence-electron chi connectivity index (χ3n) is 4.13. The Morgan fingerprint density at radius 1 is 1.15 bits per heavy atom. The number of para-hydroxylation sites is 1. The molecule has 26 heavy (non-hydrogen) atoms. The molecule has 2 aromatic rings. The molecule has 2 aromatic carbocycles. The van der Waals surface area contributed by atoms with Crippen LogP contribution in [-0.4, -0.2) is 26.6 Å². The minimum atomic E-state index is -3.86. The van der Waals surface area contributed by atoms with Crippen LogP contribution in [0.1, 0.15) is 24.5 Å². The van der Waals surface area contributed by atoms with Gasteiger partial charge in [0.2, 0.25) is 15.9 Å². The predicted octanol–water partition coefficient (Wildman–Crippen LogP) is 3.00. The molecule has 1 N–H and O–H groups in total. The number of aryl methyl sites for hydroxylation is 1. The lowest BCUT2D eigenvalue weighted by molar-refractivity contribution is -0.122. The maximum absolute atomic E-state index is 14.2. The van der Waals surface area contributed by atoms with E-state index in [1.807, 2.05) is 31.2 Å². The van der Waals surface area contributed by atoms with Gasteiger partial charge < -0.3 is 5.32 Å². The highest BCUT2D eigenvalue weighted by atomic mass is 32.2. The number of nitrogens with one attached hydrogen (secondary N) is 1. The van der Waals surface area contributed by atoms with Crippen LogP contribution in [0.5, 0.6) is 0 Å². The van der Waals surface area contributed by atoms with Crippen molar-refractivity contribution in [3.05, 3.63) is 65.5 Å². The van der Waals surface area contributed by atoms with E-state index in [1.165, 1.54) is 24.3 Å². The molecular formula is C19H23FN2O3S. The summed E-state index contributed by atoms with van der Waals surface area (Å²) in [5.74, 6) is -1.16. The first kappa shape index (κ1) is 19.9. The summed E-state index contributed by atoms with van der Waals surface area (Å²) >= 11 is 0. The van der Waals surface area contributed by atoms with Gasteiger partial charge in [0, 0.05) is 6.54 Å². The zero-order valence-corrected chi connectivity index (χ0v) is 15.9. The molecular weight excluding hydrogens is 355 g/mol. The summed E-state index contributed by atoms with van der Waals surface area (Å²) in [5.41, 5.74) is 1.83. The Morgan fingerprint density at radius 3 is 2.35 bits per heavy atom. The monoisotopic (exact) mass is 378 g/mol. The maximum atomic E-state index is 14.2. The number of amides is 1. The SMILES string of the molecule is CC[C@H](C(=O)NCc1ccccc1C)N(c1ccccc1F)S(C)(=O)=O. The van der Waals surface area contributed by atoms with Crippen LogP contribution in [0.2, 0.25) is 0 Å². The summed E-state index contributed by atoms with van der Waals surface area (Å²) in [5, 5.41) is 2.77. The zero-order chi connectivity index (χ0) is 19.3. The van der Waals surface area contributed by atoms with Gasteiger partial charge in [0.25, 0.3) is 0 Å². The van der Waals surface area contributed by atoms with Crippen LogP contribution in [0.15, 0.2) is 48.5 Å². The third kappa shape index (κ3) is 4.60. The molecule has 0 unspecified atom stereocenters. The van der Waals surface area contributed by atoms with E-state index in [0.717, 1.165) is 21.7 Å². The molecule has 0 saturated carbocycles. The Balaban J connectivity index is 2.29. The van der Waals surface area contributed by atoms with Crippen molar-refractivity contribution >= 4 is 21.6 Å². The Kier molecular flexibility index (Phi) is 6.37. The minimum Gasteiger partial charge on any atom is -0.350 e. The number of halogens is 1. The molecule has 7 heteroatoms. The normalized spacial score (nSPS) is 12.5. The first-order chi connectivity index (χ1) is 12.3. The Hall–Kier alpha value is -2.41. The molecule has 0 aliphatic rings.